The number of amides is 2. The molecule has 7 nitrogen and oxygen atoms in total. The minimum atomic E-state index is -3.89. The van der Waals surface area contributed by atoms with Crippen LogP contribution in [-0.2, 0) is 26.2 Å². The molecule has 2 aromatic rings. The monoisotopic (exact) mass is 493 g/mol. The van der Waals surface area contributed by atoms with Gasteiger partial charge < -0.3 is 10.2 Å². The highest BCUT2D eigenvalue weighted by atomic mass is 32.2. The Morgan fingerprint density at radius 3 is 2.06 bits per heavy atom. The van der Waals surface area contributed by atoms with Gasteiger partial charge in [0.05, 0.1) is 11.9 Å². The van der Waals surface area contributed by atoms with Gasteiger partial charge in [-0.25, -0.2) is 17.2 Å². The second-order valence-corrected chi connectivity index (χ2v) is 10.5. The van der Waals surface area contributed by atoms with Crippen LogP contribution in [0.25, 0.3) is 0 Å². The smallest absolute Gasteiger partial charge is 0.244 e. The summed E-state index contributed by atoms with van der Waals surface area (Å²) in [5.41, 5.74) is 0.713. The van der Waals surface area contributed by atoms with Crippen molar-refractivity contribution in [2.75, 3.05) is 17.1 Å². The summed E-state index contributed by atoms with van der Waals surface area (Å²) in [7, 11) is -3.89. The van der Waals surface area contributed by atoms with Gasteiger partial charge in [-0.1, -0.05) is 25.0 Å². The van der Waals surface area contributed by atoms with Crippen molar-refractivity contribution in [2.24, 2.45) is 0 Å². The molecule has 1 saturated carbocycles. The van der Waals surface area contributed by atoms with Crippen molar-refractivity contribution in [1.82, 2.24) is 10.2 Å². The number of halogens is 2. The number of nitrogens with one attached hydrogen (secondary N) is 1. The first-order valence-electron chi connectivity index (χ1n) is 11.1. The average Bonchev–Trinajstić information content (AvgIpc) is 3.29. The van der Waals surface area contributed by atoms with Crippen LogP contribution in [0.5, 0.6) is 0 Å². The van der Waals surface area contributed by atoms with Crippen LogP contribution in [0.1, 0.15) is 38.2 Å². The molecule has 10 heteroatoms. The van der Waals surface area contributed by atoms with E-state index in [0.717, 1.165) is 48.4 Å². The summed E-state index contributed by atoms with van der Waals surface area (Å²) in [6.07, 6.45) is 4.74. The summed E-state index contributed by atoms with van der Waals surface area (Å²) in [5.74, 6) is -1.94. The maximum atomic E-state index is 13.4. The Hall–Kier alpha value is -3.01. The van der Waals surface area contributed by atoms with E-state index in [1.54, 1.807) is 6.92 Å². The van der Waals surface area contributed by atoms with Crippen LogP contribution in [-0.4, -0.2) is 50.0 Å². The lowest BCUT2D eigenvalue weighted by Gasteiger charge is -2.32. The summed E-state index contributed by atoms with van der Waals surface area (Å²) < 4.78 is 52.5. The van der Waals surface area contributed by atoms with E-state index in [0.29, 0.717) is 5.56 Å². The maximum Gasteiger partial charge on any atom is 0.244 e. The fourth-order valence-corrected chi connectivity index (χ4v) is 4.83. The molecule has 0 radical (unpaired) electrons. The van der Waals surface area contributed by atoms with Crippen molar-refractivity contribution >= 4 is 27.5 Å². The number of rotatable bonds is 9. The summed E-state index contributed by atoms with van der Waals surface area (Å²) in [6, 6.07) is 9.41. The number of hydrogen-bond donors (Lipinski definition) is 1. The van der Waals surface area contributed by atoms with E-state index in [-0.39, 0.29) is 24.2 Å². The molecule has 0 heterocycles. The topological polar surface area (TPSA) is 86.8 Å². The zero-order valence-corrected chi connectivity index (χ0v) is 20.0. The van der Waals surface area contributed by atoms with Crippen molar-refractivity contribution in [3.8, 4) is 0 Å². The number of sulfonamides is 1. The minimum absolute atomic E-state index is 0.0145. The van der Waals surface area contributed by atoms with Gasteiger partial charge in [0.25, 0.3) is 0 Å². The van der Waals surface area contributed by atoms with Crippen LogP contribution in [0.15, 0.2) is 48.5 Å². The highest BCUT2D eigenvalue weighted by Gasteiger charge is 2.31. The van der Waals surface area contributed by atoms with Gasteiger partial charge in [0.15, 0.2) is 0 Å². The predicted molar refractivity (Wildman–Crippen MR) is 125 cm³/mol. The first kappa shape index (κ1) is 25.6. The van der Waals surface area contributed by atoms with E-state index in [9.17, 15) is 26.8 Å². The SMILES string of the molecule is CC(C(=O)NC1CCCC1)N(Cc1ccc(F)cc1)C(=O)CN(c1ccc(F)cc1)S(C)(=O)=O. The van der Waals surface area contributed by atoms with E-state index < -0.39 is 40.2 Å². The largest absolute Gasteiger partial charge is 0.352 e. The molecular formula is C24H29F2N3O4S. The van der Waals surface area contributed by atoms with Gasteiger partial charge in [-0.2, -0.15) is 0 Å². The Bertz CT molecular complexity index is 1100. The molecule has 1 aliphatic carbocycles. The minimum Gasteiger partial charge on any atom is -0.352 e. The Balaban J connectivity index is 1.86. The van der Waals surface area contributed by atoms with E-state index in [1.165, 1.54) is 41.3 Å². The number of anilines is 1. The van der Waals surface area contributed by atoms with Crippen LogP contribution in [0.4, 0.5) is 14.5 Å². The normalized spacial score (nSPS) is 15.1. The fraction of sp³-hybridized carbons (Fsp3) is 0.417. The Morgan fingerprint density at radius 1 is 1.00 bits per heavy atom. The second-order valence-electron chi connectivity index (χ2n) is 8.56. The Kier molecular flexibility index (Phi) is 8.24. The second kappa shape index (κ2) is 10.9. The number of carbonyl (C=O) groups excluding carboxylic acids is 2. The van der Waals surface area contributed by atoms with Crippen molar-refractivity contribution in [3.05, 3.63) is 65.7 Å². The first-order valence-corrected chi connectivity index (χ1v) is 13.0. The van der Waals surface area contributed by atoms with Crippen molar-refractivity contribution in [1.29, 1.82) is 0 Å². The lowest BCUT2D eigenvalue weighted by atomic mass is 10.1. The molecule has 0 aromatic heterocycles. The highest BCUT2D eigenvalue weighted by Crippen LogP contribution is 2.21. The summed E-state index contributed by atoms with van der Waals surface area (Å²) in [5, 5.41) is 2.96. The molecule has 0 spiro atoms. The molecule has 1 N–H and O–H groups in total. The zero-order valence-electron chi connectivity index (χ0n) is 19.2. The molecule has 184 valence electrons. The number of benzene rings is 2. The van der Waals surface area contributed by atoms with Crippen molar-refractivity contribution in [3.63, 3.8) is 0 Å². The number of hydrogen-bond acceptors (Lipinski definition) is 4. The highest BCUT2D eigenvalue weighted by molar-refractivity contribution is 7.92. The molecule has 1 aliphatic rings. The lowest BCUT2D eigenvalue weighted by molar-refractivity contribution is -0.139. The van der Waals surface area contributed by atoms with Crippen LogP contribution in [0.2, 0.25) is 0 Å². The summed E-state index contributed by atoms with van der Waals surface area (Å²) in [6.45, 7) is 0.987. The lowest BCUT2D eigenvalue weighted by Crippen LogP contribution is -2.52. The van der Waals surface area contributed by atoms with E-state index in [4.69, 9.17) is 0 Å². The van der Waals surface area contributed by atoms with Gasteiger partial charge in [-0.05, 0) is 61.7 Å². The van der Waals surface area contributed by atoms with Crippen LogP contribution in [0, 0.1) is 11.6 Å². The molecule has 1 atom stereocenters. The number of nitrogens with zero attached hydrogens (tertiary/aromatic N) is 2. The Morgan fingerprint density at radius 2 is 1.53 bits per heavy atom. The molecule has 2 amide bonds. The molecule has 2 aromatic carbocycles. The van der Waals surface area contributed by atoms with Gasteiger partial charge in [-0.15, -0.1) is 0 Å². The van der Waals surface area contributed by atoms with Crippen LogP contribution in [0.3, 0.4) is 0 Å². The molecule has 0 aliphatic heterocycles. The Labute approximate surface area is 198 Å². The van der Waals surface area contributed by atoms with Gasteiger partial charge in [0.1, 0.15) is 24.2 Å². The van der Waals surface area contributed by atoms with E-state index in [1.807, 2.05) is 0 Å². The fourth-order valence-electron chi connectivity index (χ4n) is 3.98. The molecule has 1 fully saturated rings. The molecule has 3 rings (SSSR count). The van der Waals surface area contributed by atoms with Gasteiger partial charge >= 0.3 is 0 Å². The third-order valence-electron chi connectivity index (χ3n) is 5.93. The molecular weight excluding hydrogens is 464 g/mol. The van der Waals surface area contributed by atoms with Gasteiger partial charge in [0, 0.05) is 12.6 Å². The average molecular weight is 494 g/mol. The third kappa shape index (κ3) is 6.75. The van der Waals surface area contributed by atoms with Crippen molar-refractivity contribution < 1.29 is 26.8 Å². The molecule has 34 heavy (non-hydrogen) atoms. The molecule has 0 bridgehead atoms. The van der Waals surface area contributed by atoms with Crippen molar-refractivity contribution in [2.45, 2.75) is 51.2 Å². The van der Waals surface area contributed by atoms with E-state index in [2.05, 4.69) is 5.32 Å². The van der Waals surface area contributed by atoms with Crippen LogP contribution >= 0.6 is 0 Å². The standard InChI is InChI=1S/C24H29F2N3O4S/c1-17(24(31)27-21-5-3-4-6-21)28(15-18-7-9-19(25)10-8-18)23(30)16-29(34(2,32)33)22-13-11-20(26)12-14-22/h7-14,17,21H,3-6,15-16H2,1-2H3,(H,27,31). The third-order valence-corrected chi connectivity index (χ3v) is 7.07. The summed E-state index contributed by atoms with van der Waals surface area (Å²) in [4.78, 5) is 27.6. The van der Waals surface area contributed by atoms with Gasteiger partial charge in [-0.3, -0.25) is 13.9 Å². The molecule has 1 unspecified atom stereocenters. The first-order chi connectivity index (χ1) is 16.0. The van der Waals surface area contributed by atoms with E-state index >= 15 is 0 Å². The maximum absolute atomic E-state index is 13.4. The quantitative estimate of drug-likeness (QED) is 0.581. The predicted octanol–water partition coefficient (Wildman–Crippen LogP) is 3.21. The molecule has 0 saturated heterocycles. The summed E-state index contributed by atoms with van der Waals surface area (Å²) >= 11 is 0. The zero-order chi connectivity index (χ0) is 24.9. The van der Waals surface area contributed by atoms with Gasteiger partial charge in [0.2, 0.25) is 21.8 Å². The number of carbonyl (C=O) groups is 2. The van der Waals surface area contributed by atoms with Crippen LogP contribution < -0.4 is 9.62 Å².